The Balaban J connectivity index is 0.00000220. The minimum Gasteiger partial charge on any atom is -1.00 e. The highest BCUT2D eigenvalue weighted by Crippen LogP contribution is 2.26. The molecule has 0 aliphatic rings. The van der Waals surface area contributed by atoms with Gasteiger partial charge in [-0.25, -0.2) is 4.39 Å². The van der Waals surface area contributed by atoms with E-state index in [0.717, 1.165) is 11.3 Å². The predicted molar refractivity (Wildman–Crippen MR) is 77.1 cm³/mol. The summed E-state index contributed by atoms with van der Waals surface area (Å²) < 4.78 is 18.8. The van der Waals surface area contributed by atoms with E-state index in [1.165, 1.54) is 12.1 Å². The van der Waals surface area contributed by atoms with Gasteiger partial charge in [-0.1, -0.05) is 11.6 Å². The Morgan fingerprint density at radius 3 is 2.62 bits per heavy atom. The Labute approximate surface area is 134 Å². The summed E-state index contributed by atoms with van der Waals surface area (Å²) in [6.07, 6.45) is 0. The first kappa shape index (κ1) is 18.0. The molecule has 1 aromatic carbocycles. The minimum absolute atomic E-state index is 0. The number of rotatable bonds is 5. The van der Waals surface area contributed by atoms with E-state index in [0.29, 0.717) is 12.3 Å². The number of benzene rings is 1. The number of hydrogen-bond donors (Lipinski definition) is 2. The molecule has 21 heavy (non-hydrogen) atoms. The zero-order valence-corrected chi connectivity index (χ0v) is 13.3. The Kier molecular flexibility index (Phi) is 6.23. The monoisotopic (exact) mass is 332 g/mol. The summed E-state index contributed by atoms with van der Waals surface area (Å²) in [6, 6.07) is 8.12. The van der Waals surface area contributed by atoms with Crippen molar-refractivity contribution in [1.82, 2.24) is 5.32 Å². The van der Waals surface area contributed by atoms with Crippen molar-refractivity contribution in [2.45, 2.75) is 25.9 Å². The molecule has 0 radical (unpaired) electrons. The van der Waals surface area contributed by atoms with Gasteiger partial charge >= 0.3 is 0 Å². The number of hydrogen-bond acceptors (Lipinski definition) is 3. The first-order valence-electron chi connectivity index (χ1n) is 6.31. The van der Waals surface area contributed by atoms with Crippen LogP contribution in [0.15, 0.2) is 34.7 Å². The van der Waals surface area contributed by atoms with E-state index in [4.69, 9.17) is 21.1 Å². The molecule has 0 unspecified atom stereocenters. The molecule has 1 heterocycles. The van der Waals surface area contributed by atoms with Crippen LogP contribution in [0.5, 0.6) is 0 Å². The van der Waals surface area contributed by atoms with E-state index in [-0.39, 0.29) is 29.6 Å². The van der Waals surface area contributed by atoms with Gasteiger partial charge in [-0.3, -0.25) is 0 Å². The van der Waals surface area contributed by atoms with Gasteiger partial charge in [0.25, 0.3) is 0 Å². The van der Waals surface area contributed by atoms with Crippen LogP contribution in [0.4, 0.5) is 4.39 Å². The normalized spacial score (nSPS) is 11.3. The summed E-state index contributed by atoms with van der Waals surface area (Å²) in [5.41, 5.74) is 0.357. The van der Waals surface area contributed by atoms with Crippen LogP contribution in [0.2, 0.25) is 5.02 Å². The molecule has 2 aromatic rings. The average molecular weight is 333 g/mol. The van der Waals surface area contributed by atoms with Crippen molar-refractivity contribution in [1.29, 1.82) is 0 Å². The second-order valence-corrected chi connectivity index (χ2v) is 5.70. The van der Waals surface area contributed by atoms with Crippen LogP contribution in [0, 0.1) is 5.82 Å². The summed E-state index contributed by atoms with van der Waals surface area (Å²) in [6.45, 7) is 4.34. The highest BCUT2D eigenvalue weighted by atomic mass is 35.5. The van der Waals surface area contributed by atoms with Crippen molar-refractivity contribution in [2.24, 2.45) is 0 Å². The minimum atomic E-state index is -0.450. The van der Waals surface area contributed by atoms with E-state index < -0.39 is 5.82 Å². The van der Waals surface area contributed by atoms with Gasteiger partial charge in [0.05, 0.1) is 18.2 Å². The van der Waals surface area contributed by atoms with Crippen molar-refractivity contribution in [3.63, 3.8) is 0 Å². The van der Waals surface area contributed by atoms with Crippen LogP contribution >= 0.6 is 11.6 Å². The summed E-state index contributed by atoms with van der Waals surface area (Å²) in [4.78, 5) is 0. The molecule has 0 aliphatic heterocycles. The predicted octanol–water partition coefficient (Wildman–Crippen LogP) is 0.604. The maximum Gasteiger partial charge on any atom is 0.141 e. The molecular formula is C15H17Cl2FNO2-. The van der Waals surface area contributed by atoms with Gasteiger partial charge in [0.1, 0.15) is 17.3 Å². The van der Waals surface area contributed by atoms with E-state index in [2.05, 4.69) is 5.32 Å². The molecule has 1 aromatic heterocycles. The summed E-state index contributed by atoms with van der Waals surface area (Å²) in [5.74, 6) is 0.918. The summed E-state index contributed by atoms with van der Waals surface area (Å²) in [7, 11) is 0. The Hall–Kier alpha value is -1.07. The first-order chi connectivity index (χ1) is 9.41. The Morgan fingerprint density at radius 1 is 1.29 bits per heavy atom. The van der Waals surface area contributed by atoms with E-state index in [1.54, 1.807) is 6.07 Å². The smallest absolute Gasteiger partial charge is 0.141 e. The van der Waals surface area contributed by atoms with Gasteiger partial charge in [0.2, 0.25) is 0 Å². The van der Waals surface area contributed by atoms with Gasteiger partial charge in [-0.05, 0) is 44.2 Å². The van der Waals surface area contributed by atoms with E-state index >= 15 is 0 Å². The maximum atomic E-state index is 13.1. The van der Waals surface area contributed by atoms with Crippen molar-refractivity contribution in [3.8, 4) is 11.3 Å². The molecule has 2 N–H and O–H groups in total. The number of halogens is 3. The van der Waals surface area contributed by atoms with Crippen LogP contribution in [0.3, 0.4) is 0 Å². The van der Waals surface area contributed by atoms with E-state index in [9.17, 15) is 4.39 Å². The molecule has 3 nitrogen and oxygen atoms in total. The molecular weight excluding hydrogens is 316 g/mol. The Bertz CT molecular complexity index is 599. The second-order valence-electron chi connectivity index (χ2n) is 5.29. The lowest BCUT2D eigenvalue weighted by Gasteiger charge is -2.22. The zero-order chi connectivity index (χ0) is 14.8. The van der Waals surface area contributed by atoms with Crippen LogP contribution in [-0.4, -0.2) is 17.3 Å². The number of aliphatic hydroxyl groups excluding tert-OH is 1. The first-order valence-corrected chi connectivity index (χ1v) is 6.69. The van der Waals surface area contributed by atoms with Gasteiger partial charge in [0, 0.05) is 11.1 Å². The van der Waals surface area contributed by atoms with Gasteiger partial charge < -0.3 is 27.2 Å². The standard InChI is InChI=1S/C15H17ClFNO2.ClH/c1-15(2,9-19)18-8-11-4-6-14(20-11)10-3-5-13(17)12(16)7-10;/h3-7,18-19H,8-9H2,1-2H3;1H/p-1. The lowest BCUT2D eigenvalue weighted by molar-refractivity contribution is -0.00000615. The molecule has 6 heteroatoms. The average Bonchev–Trinajstić information content (AvgIpc) is 2.89. The largest absolute Gasteiger partial charge is 1.00 e. The van der Waals surface area contributed by atoms with Crippen LogP contribution in [0.25, 0.3) is 11.3 Å². The van der Waals surface area contributed by atoms with Crippen molar-refractivity contribution in [2.75, 3.05) is 6.61 Å². The van der Waals surface area contributed by atoms with Crippen molar-refractivity contribution >= 4 is 11.6 Å². The summed E-state index contributed by atoms with van der Waals surface area (Å²) >= 11 is 5.75. The lowest BCUT2D eigenvalue weighted by atomic mass is 10.1. The molecule has 0 saturated carbocycles. The highest BCUT2D eigenvalue weighted by molar-refractivity contribution is 6.31. The lowest BCUT2D eigenvalue weighted by Crippen LogP contribution is -3.00. The van der Waals surface area contributed by atoms with Crippen LogP contribution in [-0.2, 0) is 6.54 Å². The molecule has 2 rings (SSSR count). The van der Waals surface area contributed by atoms with Gasteiger partial charge in [0.15, 0.2) is 0 Å². The second kappa shape index (κ2) is 7.27. The quantitative estimate of drug-likeness (QED) is 0.843. The molecule has 0 spiro atoms. The fraction of sp³-hybridized carbons (Fsp3) is 0.333. The third-order valence-corrected chi connectivity index (χ3v) is 3.29. The van der Waals surface area contributed by atoms with Crippen LogP contribution < -0.4 is 17.7 Å². The molecule has 0 aliphatic carbocycles. The number of nitrogens with one attached hydrogen (secondary N) is 1. The fourth-order valence-corrected chi connectivity index (χ4v) is 1.84. The molecule has 0 fully saturated rings. The Morgan fingerprint density at radius 2 is 2.00 bits per heavy atom. The number of aliphatic hydroxyl groups is 1. The van der Waals surface area contributed by atoms with Gasteiger partial charge in [-0.2, -0.15) is 0 Å². The molecule has 0 amide bonds. The third-order valence-electron chi connectivity index (χ3n) is 3.00. The zero-order valence-electron chi connectivity index (χ0n) is 11.8. The molecule has 0 bridgehead atoms. The van der Waals surface area contributed by atoms with Gasteiger partial charge in [-0.15, -0.1) is 0 Å². The van der Waals surface area contributed by atoms with Crippen molar-refractivity contribution < 1.29 is 26.3 Å². The van der Waals surface area contributed by atoms with Crippen LogP contribution in [0.1, 0.15) is 19.6 Å². The SMILES string of the molecule is CC(C)(CO)NCc1ccc(-c2ccc(F)c(Cl)c2)o1.[Cl-]. The molecule has 116 valence electrons. The third kappa shape index (κ3) is 4.71. The fourth-order valence-electron chi connectivity index (χ4n) is 1.66. The van der Waals surface area contributed by atoms with Crippen molar-refractivity contribution in [3.05, 3.63) is 46.9 Å². The highest BCUT2D eigenvalue weighted by Gasteiger charge is 2.16. The number of furan rings is 1. The topological polar surface area (TPSA) is 45.4 Å². The molecule has 0 saturated heterocycles. The van der Waals surface area contributed by atoms with E-state index in [1.807, 2.05) is 26.0 Å². The summed E-state index contributed by atoms with van der Waals surface area (Å²) in [5, 5.41) is 12.4. The molecule has 0 atom stereocenters. The maximum absolute atomic E-state index is 13.1.